The van der Waals surface area contributed by atoms with Gasteiger partial charge in [0.05, 0.1) is 0 Å². The maximum atomic E-state index is 7.36. The predicted octanol–water partition coefficient (Wildman–Crippen LogP) is 4.92. The van der Waals surface area contributed by atoms with Gasteiger partial charge >= 0.3 is 0 Å². The van der Waals surface area contributed by atoms with Gasteiger partial charge in [-0.1, -0.05) is 30.5 Å². The van der Waals surface area contributed by atoms with Gasteiger partial charge in [-0.15, -0.1) is 0 Å². The lowest BCUT2D eigenvalue weighted by Crippen LogP contribution is -2.10. The fraction of sp³-hybridized carbons (Fsp3) is 0.294. The first-order valence-electron chi connectivity index (χ1n) is 7.22. The second kappa shape index (κ2) is 9.05. The van der Waals surface area contributed by atoms with E-state index in [4.69, 9.17) is 22.7 Å². The number of hydrogen-bond donors (Lipinski definition) is 3. The molecule has 1 aromatic carbocycles. The lowest BCUT2D eigenvalue weighted by molar-refractivity contribution is 0.954. The van der Waals surface area contributed by atoms with E-state index in [1.54, 1.807) is 12.1 Å². The number of hydrogen-bond acceptors (Lipinski definition) is 3. The third kappa shape index (κ3) is 6.14. The molecule has 4 N–H and O–H groups in total. The van der Waals surface area contributed by atoms with E-state index in [1.807, 2.05) is 32.1 Å². The minimum atomic E-state index is 0.463. The highest BCUT2D eigenvalue weighted by Gasteiger charge is 2.02. The van der Waals surface area contributed by atoms with Crippen molar-refractivity contribution in [1.29, 1.82) is 5.41 Å². The molecule has 0 saturated heterocycles. The molecule has 1 aromatic rings. The van der Waals surface area contributed by atoms with Crippen molar-refractivity contribution in [3.8, 4) is 0 Å². The summed E-state index contributed by atoms with van der Waals surface area (Å²) in [6.07, 6.45) is 6.96. The standard InChI is InChI=1S/C17H23ClN4/c1-4-5-6-16(18)22-17(9-12(2)3)21-14-7-8-15(20)13(10-14)11-19/h6-11,19H,4-5,20H2,1-3H3,(H,21,22). The third-order valence-electron chi connectivity index (χ3n) is 2.77. The fourth-order valence-electron chi connectivity index (χ4n) is 1.72. The Bertz CT molecular complexity index is 611. The molecule has 22 heavy (non-hydrogen) atoms. The van der Waals surface area contributed by atoms with Crippen molar-refractivity contribution in [1.82, 2.24) is 0 Å². The molecule has 5 heteroatoms. The van der Waals surface area contributed by atoms with Crippen LogP contribution in [0.25, 0.3) is 0 Å². The van der Waals surface area contributed by atoms with Crippen LogP contribution in [0.15, 0.2) is 46.1 Å². The second-order valence-corrected chi connectivity index (χ2v) is 5.53. The van der Waals surface area contributed by atoms with Crippen molar-refractivity contribution in [2.45, 2.75) is 33.6 Å². The molecule has 1 rings (SSSR count). The molecular formula is C17H23ClN4. The van der Waals surface area contributed by atoms with E-state index < -0.39 is 0 Å². The van der Waals surface area contributed by atoms with Crippen LogP contribution in [0.5, 0.6) is 0 Å². The summed E-state index contributed by atoms with van der Waals surface area (Å²) in [6.45, 7) is 6.08. The number of allylic oxidation sites excluding steroid dienone is 2. The summed E-state index contributed by atoms with van der Waals surface area (Å²) in [5, 5.41) is 11.0. The molecule has 0 aliphatic rings. The van der Waals surface area contributed by atoms with Gasteiger partial charge in [-0.25, -0.2) is 4.99 Å². The number of halogens is 1. The van der Waals surface area contributed by atoms with Gasteiger partial charge in [0.15, 0.2) is 0 Å². The number of anilines is 2. The van der Waals surface area contributed by atoms with Crippen LogP contribution in [0, 0.1) is 5.41 Å². The Morgan fingerprint density at radius 1 is 1.41 bits per heavy atom. The van der Waals surface area contributed by atoms with Crippen molar-refractivity contribution < 1.29 is 0 Å². The summed E-state index contributed by atoms with van der Waals surface area (Å²) in [5.41, 5.74) is 8.94. The number of unbranched alkanes of at least 4 members (excludes halogenated alkanes) is 1. The van der Waals surface area contributed by atoms with E-state index >= 15 is 0 Å². The second-order valence-electron chi connectivity index (χ2n) is 5.15. The Kier molecular flexibility index (Phi) is 7.40. The van der Waals surface area contributed by atoms with Crippen LogP contribution in [0.3, 0.4) is 0 Å². The summed E-state index contributed by atoms with van der Waals surface area (Å²) >= 11 is 6.14. The molecule has 0 spiro atoms. The maximum absolute atomic E-state index is 7.36. The molecule has 0 heterocycles. The summed E-state index contributed by atoms with van der Waals surface area (Å²) in [4.78, 5) is 4.39. The third-order valence-corrected chi connectivity index (χ3v) is 3.01. The van der Waals surface area contributed by atoms with Crippen molar-refractivity contribution in [3.63, 3.8) is 0 Å². The highest BCUT2D eigenvalue weighted by atomic mass is 35.5. The van der Waals surface area contributed by atoms with Crippen molar-refractivity contribution in [2.24, 2.45) is 4.99 Å². The quantitative estimate of drug-likeness (QED) is 0.301. The van der Waals surface area contributed by atoms with Gasteiger partial charge in [0.25, 0.3) is 0 Å². The number of nitrogens with one attached hydrogen (secondary N) is 2. The molecule has 0 aromatic heterocycles. The fourth-order valence-corrected chi connectivity index (χ4v) is 1.92. The first-order chi connectivity index (χ1) is 10.5. The number of amidine groups is 1. The van der Waals surface area contributed by atoms with Crippen LogP contribution < -0.4 is 11.1 Å². The lowest BCUT2D eigenvalue weighted by Gasteiger charge is -2.09. The van der Waals surface area contributed by atoms with Crippen LogP contribution in [0.4, 0.5) is 11.4 Å². The summed E-state index contributed by atoms with van der Waals surface area (Å²) < 4.78 is 0. The Morgan fingerprint density at radius 3 is 2.73 bits per heavy atom. The maximum Gasteiger partial charge on any atom is 0.132 e. The molecule has 118 valence electrons. The zero-order valence-electron chi connectivity index (χ0n) is 13.3. The van der Waals surface area contributed by atoms with Crippen LogP contribution in [-0.4, -0.2) is 12.1 Å². The normalized spacial score (nSPS) is 12.0. The number of nitrogens with two attached hydrogens (primary N) is 1. The van der Waals surface area contributed by atoms with Crippen molar-refractivity contribution in [2.75, 3.05) is 11.1 Å². The van der Waals surface area contributed by atoms with Crippen molar-refractivity contribution >= 4 is 35.0 Å². The smallest absolute Gasteiger partial charge is 0.132 e. The molecule has 0 unspecified atom stereocenters. The van der Waals surface area contributed by atoms with Gasteiger partial charge in [-0.3, -0.25) is 0 Å². The van der Waals surface area contributed by atoms with Gasteiger partial charge in [-0.05, 0) is 50.6 Å². The Morgan fingerprint density at radius 2 is 2.14 bits per heavy atom. The largest absolute Gasteiger partial charge is 0.398 e. The molecule has 0 saturated carbocycles. The molecular weight excluding hydrogens is 296 g/mol. The highest BCUT2D eigenvalue weighted by Crippen LogP contribution is 2.17. The SMILES string of the molecule is CCCC=C(Cl)N=C(C=C(C)C)Nc1ccc(N)c(C=N)c1. The summed E-state index contributed by atoms with van der Waals surface area (Å²) in [6, 6.07) is 5.41. The molecule has 0 bridgehead atoms. The number of aliphatic imine (C=N–C) groups is 1. The van der Waals surface area contributed by atoms with Gasteiger partial charge in [0.1, 0.15) is 11.0 Å². The number of nitrogen functional groups attached to an aromatic ring is 1. The van der Waals surface area contributed by atoms with Crippen LogP contribution in [0.1, 0.15) is 39.2 Å². The monoisotopic (exact) mass is 318 g/mol. The Balaban J connectivity index is 3.06. The number of rotatable bonds is 6. The first kappa shape index (κ1) is 18.0. The first-order valence-corrected chi connectivity index (χ1v) is 7.60. The Labute approximate surface area is 137 Å². The zero-order chi connectivity index (χ0) is 16.5. The molecule has 0 aliphatic heterocycles. The van der Waals surface area contributed by atoms with Crippen LogP contribution >= 0.6 is 11.6 Å². The number of nitrogens with zero attached hydrogens (tertiary/aromatic N) is 1. The van der Waals surface area contributed by atoms with Gasteiger partial charge in [0, 0.05) is 23.2 Å². The lowest BCUT2D eigenvalue weighted by atomic mass is 10.1. The Hall–Kier alpha value is -2.07. The van der Waals surface area contributed by atoms with E-state index in [1.165, 1.54) is 6.21 Å². The molecule has 0 aliphatic carbocycles. The van der Waals surface area contributed by atoms with Crippen LogP contribution in [-0.2, 0) is 0 Å². The predicted molar refractivity (Wildman–Crippen MR) is 98.1 cm³/mol. The molecule has 0 atom stereocenters. The molecule has 0 radical (unpaired) electrons. The van der Waals surface area contributed by atoms with Crippen molar-refractivity contribution in [3.05, 3.63) is 46.6 Å². The van der Waals surface area contributed by atoms with E-state index in [0.717, 1.165) is 24.1 Å². The van der Waals surface area contributed by atoms with E-state index in [-0.39, 0.29) is 0 Å². The minimum Gasteiger partial charge on any atom is -0.398 e. The molecule has 0 amide bonds. The van der Waals surface area contributed by atoms with E-state index in [0.29, 0.717) is 22.2 Å². The topological polar surface area (TPSA) is 74.3 Å². The number of benzene rings is 1. The van der Waals surface area contributed by atoms with Gasteiger partial charge in [-0.2, -0.15) is 0 Å². The van der Waals surface area contributed by atoms with Gasteiger partial charge < -0.3 is 16.5 Å². The zero-order valence-corrected chi connectivity index (χ0v) is 14.0. The summed E-state index contributed by atoms with van der Waals surface area (Å²) in [5.74, 6) is 0.651. The van der Waals surface area contributed by atoms with E-state index in [9.17, 15) is 0 Å². The molecule has 4 nitrogen and oxygen atoms in total. The average molecular weight is 319 g/mol. The van der Waals surface area contributed by atoms with Gasteiger partial charge in [0.2, 0.25) is 0 Å². The summed E-state index contributed by atoms with van der Waals surface area (Å²) in [7, 11) is 0. The van der Waals surface area contributed by atoms with Crippen LogP contribution in [0.2, 0.25) is 0 Å². The van der Waals surface area contributed by atoms with E-state index in [2.05, 4.69) is 17.2 Å². The average Bonchev–Trinajstić information content (AvgIpc) is 2.46. The molecule has 0 fully saturated rings. The minimum absolute atomic E-state index is 0.463. The highest BCUT2D eigenvalue weighted by molar-refractivity contribution is 6.30.